The monoisotopic (exact) mass is 281 g/mol. The van der Waals surface area contributed by atoms with Crippen molar-refractivity contribution in [2.75, 3.05) is 13.1 Å². The molecular weight excluding hydrogens is 269 g/mol. The highest BCUT2D eigenvalue weighted by atomic mass is 35.5. The molecular formula is C13H13ClFN3O. The predicted molar refractivity (Wildman–Crippen MR) is 72.1 cm³/mol. The molecule has 1 unspecified atom stereocenters. The van der Waals surface area contributed by atoms with Gasteiger partial charge in [-0.3, -0.25) is 9.36 Å². The molecule has 1 fully saturated rings. The molecule has 2 aromatic rings. The van der Waals surface area contributed by atoms with E-state index in [-0.39, 0.29) is 22.3 Å². The maximum atomic E-state index is 13.3. The Balaban J connectivity index is 2.21. The Kier molecular flexibility index (Phi) is 3.24. The summed E-state index contributed by atoms with van der Waals surface area (Å²) in [5.41, 5.74) is 0.152. The molecule has 1 aromatic carbocycles. The summed E-state index contributed by atoms with van der Waals surface area (Å²) in [5.74, 6) is -0.443. The molecule has 0 aliphatic carbocycles. The third kappa shape index (κ3) is 2.24. The highest BCUT2D eigenvalue weighted by molar-refractivity contribution is 6.28. The van der Waals surface area contributed by atoms with Crippen molar-refractivity contribution in [1.82, 2.24) is 14.9 Å². The van der Waals surface area contributed by atoms with E-state index in [4.69, 9.17) is 11.6 Å². The largest absolute Gasteiger partial charge is 0.315 e. The van der Waals surface area contributed by atoms with E-state index < -0.39 is 5.82 Å². The van der Waals surface area contributed by atoms with Crippen LogP contribution >= 0.6 is 11.6 Å². The highest BCUT2D eigenvalue weighted by Crippen LogP contribution is 2.21. The van der Waals surface area contributed by atoms with E-state index >= 15 is 0 Å². The molecule has 0 bridgehead atoms. The lowest BCUT2D eigenvalue weighted by molar-refractivity contribution is 0.363. The zero-order chi connectivity index (χ0) is 13.4. The molecule has 6 heteroatoms. The molecule has 3 rings (SSSR count). The maximum absolute atomic E-state index is 13.3. The Bertz CT molecular complexity index is 679. The van der Waals surface area contributed by atoms with Gasteiger partial charge in [-0.15, -0.1) is 0 Å². The Hall–Kier alpha value is -1.46. The van der Waals surface area contributed by atoms with E-state index in [0.29, 0.717) is 12.1 Å². The number of rotatable bonds is 1. The van der Waals surface area contributed by atoms with Crippen LogP contribution in [0.2, 0.25) is 5.28 Å². The summed E-state index contributed by atoms with van der Waals surface area (Å²) in [6.07, 6.45) is 1.85. The number of fused-ring (bicyclic) bond motifs is 1. The molecule has 0 radical (unpaired) electrons. The van der Waals surface area contributed by atoms with Gasteiger partial charge in [0, 0.05) is 6.54 Å². The topological polar surface area (TPSA) is 46.9 Å². The quantitative estimate of drug-likeness (QED) is 0.815. The first-order valence-corrected chi connectivity index (χ1v) is 6.62. The van der Waals surface area contributed by atoms with Crippen molar-refractivity contribution in [3.63, 3.8) is 0 Å². The number of hydrogen-bond acceptors (Lipinski definition) is 3. The molecule has 1 aliphatic heterocycles. The lowest BCUT2D eigenvalue weighted by atomic mass is 10.1. The van der Waals surface area contributed by atoms with E-state index in [1.165, 1.54) is 22.8 Å². The fourth-order valence-electron chi connectivity index (χ4n) is 2.51. The molecule has 1 saturated heterocycles. The smallest absolute Gasteiger partial charge is 0.262 e. The molecule has 0 spiro atoms. The summed E-state index contributed by atoms with van der Waals surface area (Å²) in [4.78, 5) is 16.6. The summed E-state index contributed by atoms with van der Waals surface area (Å²) in [6.45, 7) is 1.63. The number of hydrogen-bond donors (Lipinski definition) is 1. The standard InChI is InChI=1S/C13H13ClFN3O/c14-13-17-11-4-3-8(15)6-10(11)12(19)18(13)9-2-1-5-16-7-9/h3-4,6,9,16H,1-2,5,7H2. The summed E-state index contributed by atoms with van der Waals surface area (Å²) in [7, 11) is 0. The van der Waals surface area contributed by atoms with E-state index in [1.807, 2.05) is 0 Å². The Labute approximate surface area is 114 Å². The minimum absolute atomic E-state index is 0.0195. The lowest BCUT2D eigenvalue weighted by Gasteiger charge is -2.25. The van der Waals surface area contributed by atoms with Crippen molar-refractivity contribution in [3.05, 3.63) is 39.7 Å². The first-order valence-electron chi connectivity index (χ1n) is 6.25. The molecule has 1 aliphatic rings. The lowest BCUT2D eigenvalue weighted by Crippen LogP contribution is -2.37. The van der Waals surface area contributed by atoms with Gasteiger partial charge in [0.2, 0.25) is 5.28 Å². The fraction of sp³-hybridized carbons (Fsp3) is 0.385. The molecule has 1 N–H and O–H groups in total. The minimum Gasteiger partial charge on any atom is -0.315 e. The van der Waals surface area contributed by atoms with Crippen LogP contribution in [0, 0.1) is 5.82 Å². The van der Waals surface area contributed by atoms with E-state index in [2.05, 4.69) is 10.3 Å². The third-order valence-electron chi connectivity index (χ3n) is 3.46. The van der Waals surface area contributed by atoms with Crippen molar-refractivity contribution in [1.29, 1.82) is 0 Å². The van der Waals surface area contributed by atoms with Gasteiger partial charge in [-0.2, -0.15) is 0 Å². The normalized spacial score (nSPS) is 19.8. The van der Waals surface area contributed by atoms with Crippen LogP contribution in [-0.4, -0.2) is 22.6 Å². The van der Waals surface area contributed by atoms with Crippen molar-refractivity contribution in [3.8, 4) is 0 Å². The molecule has 19 heavy (non-hydrogen) atoms. The van der Waals surface area contributed by atoms with Crippen LogP contribution in [0.4, 0.5) is 4.39 Å². The minimum atomic E-state index is -0.443. The van der Waals surface area contributed by atoms with Crippen LogP contribution in [0.25, 0.3) is 10.9 Å². The van der Waals surface area contributed by atoms with Crippen molar-refractivity contribution >= 4 is 22.5 Å². The SMILES string of the molecule is O=c1c2cc(F)ccc2nc(Cl)n1C1CCCNC1. The first kappa shape index (κ1) is 12.6. The van der Waals surface area contributed by atoms with E-state index in [0.717, 1.165) is 19.4 Å². The average Bonchev–Trinajstić information content (AvgIpc) is 2.41. The van der Waals surface area contributed by atoms with Gasteiger partial charge < -0.3 is 5.32 Å². The van der Waals surface area contributed by atoms with Gasteiger partial charge in [0.1, 0.15) is 5.82 Å². The van der Waals surface area contributed by atoms with Gasteiger partial charge in [0.15, 0.2) is 0 Å². The van der Waals surface area contributed by atoms with Crippen LogP contribution in [0.1, 0.15) is 18.9 Å². The predicted octanol–water partition coefficient (Wildman–Crippen LogP) is 2.11. The molecule has 100 valence electrons. The summed E-state index contributed by atoms with van der Waals surface area (Å²) >= 11 is 6.11. The van der Waals surface area contributed by atoms with Gasteiger partial charge in [-0.25, -0.2) is 9.37 Å². The molecule has 2 heterocycles. The molecule has 0 amide bonds. The first-order chi connectivity index (χ1) is 9.16. The van der Waals surface area contributed by atoms with Gasteiger partial charge in [0.25, 0.3) is 5.56 Å². The summed E-state index contributed by atoms with van der Waals surface area (Å²) in [6, 6.07) is 3.95. The van der Waals surface area contributed by atoms with E-state index in [1.54, 1.807) is 0 Å². The summed E-state index contributed by atoms with van der Waals surface area (Å²) < 4.78 is 14.7. The van der Waals surface area contributed by atoms with Crippen LogP contribution in [0.5, 0.6) is 0 Å². The summed E-state index contributed by atoms with van der Waals surface area (Å²) in [5, 5.41) is 3.66. The van der Waals surface area contributed by atoms with Crippen LogP contribution in [0.15, 0.2) is 23.0 Å². The molecule has 4 nitrogen and oxygen atoms in total. The van der Waals surface area contributed by atoms with Gasteiger partial charge in [0.05, 0.1) is 16.9 Å². The third-order valence-corrected chi connectivity index (χ3v) is 3.72. The Morgan fingerprint density at radius 1 is 1.47 bits per heavy atom. The van der Waals surface area contributed by atoms with Crippen molar-refractivity contribution in [2.24, 2.45) is 0 Å². The van der Waals surface area contributed by atoms with Crippen LogP contribution < -0.4 is 10.9 Å². The number of benzene rings is 1. The van der Waals surface area contributed by atoms with Crippen LogP contribution in [0.3, 0.4) is 0 Å². The van der Waals surface area contributed by atoms with Gasteiger partial charge >= 0.3 is 0 Å². The second-order valence-corrected chi connectivity index (χ2v) is 5.06. The average molecular weight is 282 g/mol. The number of aromatic nitrogens is 2. The highest BCUT2D eigenvalue weighted by Gasteiger charge is 2.20. The number of halogens is 2. The van der Waals surface area contributed by atoms with Crippen LogP contribution in [-0.2, 0) is 0 Å². The number of nitrogens with one attached hydrogen (secondary N) is 1. The zero-order valence-corrected chi connectivity index (χ0v) is 11.0. The maximum Gasteiger partial charge on any atom is 0.262 e. The fourth-order valence-corrected chi connectivity index (χ4v) is 2.82. The number of piperidine rings is 1. The van der Waals surface area contributed by atoms with Gasteiger partial charge in [-0.1, -0.05) is 0 Å². The Morgan fingerprint density at radius 3 is 3.05 bits per heavy atom. The second-order valence-electron chi connectivity index (χ2n) is 4.72. The molecule has 1 aromatic heterocycles. The molecule has 0 saturated carbocycles. The van der Waals surface area contributed by atoms with Gasteiger partial charge in [-0.05, 0) is 49.2 Å². The number of nitrogens with zero attached hydrogens (tertiary/aromatic N) is 2. The molecule has 1 atom stereocenters. The van der Waals surface area contributed by atoms with Crippen molar-refractivity contribution in [2.45, 2.75) is 18.9 Å². The van der Waals surface area contributed by atoms with Crippen molar-refractivity contribution < 1.29 is 4.39 Å². The van der Waals surface area contributed by atoms with E-state index in [9.17, 15) is 9.18 Å². The Morgan fingerprint density at radius 2 is 2.32 bits per heavy atom. The second kappa shape index (κ2) is 4.90. The zero-order valence-electron chi connectivity index (χ0n) is 10.2.